The van der Waals surface area contributed by atoms with Gasteiger partial charge in [0.2, 0.25) is 5.91 Å². The second-order valence-corrected chi connectivity index (χ2v) is 7.92. The molecule has 1 N–H and O–H groups in total. The number of hydrogen-bond donors (Lipinski definition) is 1. The molecule has 5 nitrogen and oxygen atoms in total. The van der Waals surface area contributed by atoms with E-state index in [4.69, 9.17) is 9.47 Å². The first-order valence-electron chi connectivity index (χ1n) is 9.02. The summed E-state index contributed by atoms with van der Waals surface area (Å²) in [7, 11) is 3.19. The Hall–Kier alpha value is -2.05. The molecule has 0 radical (unpaired) electrons. The monoisotopic (exact) mass is 372 g/mol. The first kappa shape index (κ1) is 17.4. The third-order valence-electron chi connectivity index (χ3n) is 5.20. The van der Waals surface area contributed by atoms with Crippen molar-refractivity contribution in [2.75, 3.05) is 32.6 Å². The Kier molecular flexibility index (Phi) is 4.87. The number of amides is 1. The van der Waals surface area contributed by atoms with Crippen molar-refractivity contribution in [1.82, 2.24) is 4.90 Å². The lowest BCUT2D eigenvalue weighted by atomic mass is 9.96. The highest BCUT2D eigenvalue weighted by Gasteiger charge is 2.40. The number of hydrogen-bond acceptors (Lipinski definition) is 5. The quantitative estimate of drug-likeness (QED) is 0.840. The van der Waals surface area contributed by atoms with Crippen molar-refractivity contribution in [3.63, 3.8) is 0 Å². The minimum absolute atomic E-state index is 0.0153. The van der Waals surface area contributed by atoms with Gasteiger partial charge >= 0.3 is 0 Å². The third-order valence-corrected chi connectivity index (χ3v) is 6.20. The predicted octanol–water partition coefficient (Wildman–Crippen LogP) is 3.71. The van der Waals surface area contributed by atoms with Crippen molar-refractivity contribution < 1.29 is 14.3 Å². The maximum atomic E-state index is 12.7. The molecule has 2 aromatic rings. The number of carbonyl (C=O) groups excluding carboxylic acids is 1. The Morgan fingerprint density at radius 3 is 2.77 bits per heavy atom. The molecule has 2 heterocycles. The van der Waals surface area contributed by atoms with E-state index >= 15 is 0 Å². The van der Waals surface area contributed by atoms with Gasteiger partial charge in [-0.1, -0.05) is 0 Å². The molecule has 26 heavy (non-hydrogen) atoms. The lowest BCUT2D eigenvalue weighted by molar-refractivity contribution is -0.118. The Bertz CT molecular complexity index is 800. The molecule has 138 valence electrons. The number of benzene rings is 1. The van der Waals surface area contributed by atoms with E-state index in [9.17, 15) is 4.79 Å². The smallest absolute Gasteiger partial charge is 0.238 e. The highest BCUT2D eigenvalue weighted by Crippen LogP contribution is 2.48. The number of fused-ring (bicyclic) bond motifs is 1. The molecular formula is C20H24N2O3S. The van der Waals surface area contributed by atoms with Gasteiger partial charge in [0, 0.05) is 29.2 Å². The van der Waals surface area contributed by atoms with Crippen LogP contribution in [0, 0.1) is 5.92 Å². The third kappa shape index (κ3) is 3.44. The molecule has 1 fully saturated rings. The Balaban J connectivity index is 1.45. The fourth-order valence-corrected chi connectivity index (χ4v) is 4.75. The first-order valence-corrected chi connectivity index (χ1v) is 9.89. The number of thiophene rings is 1. The van der Waals surface area contributed by atoms with Gasteiger partial charge in [-0.2, -0.15) is 0 Å². The van der Waals surface area contributed by atoms with Crippen molar-refractivity contribution in [2.24, 2.45) is 5.92 Å². The van der Waals surface area contributed by atoms with E-state index in [0.717, 1.165) is 18.7 Å². The van der Waals surface area contributed by atoms with Crippen LogP contribution in [0.1, 0.15) is 29.3 Å². The zero-order chi connectivity index (χ0) is 18.1. The molecule has 4 rings (SSSR count). The zero-order valence-corrected chi connectivity index (χ0v) is 16.0. The lowest BCUT2D eigenvalue weighted by Crippen LogP contribution is -2.41. The molecule has 2 aliphatic rings. The van der Waals surface area contributed by atoms with Crippen LogP contribution in [0.3, 0.4) is 0 Å². The maximum absolute atomic E-state index is 12.7. The molecule has 0 saturated heterocycles. The summed E-state index contributed by atoms with van der Waals surface area (Å²) in [5.74, 6) is 1.99. The molecular weight excluding hydrogens is 348 g/mol. The SMILES string of the molecule is COc1ccc(NC(=O)CN2CCc3sccc3[C@@H]2C2CC2)cc1OC. The number of carbonyl (C=O) groups is 1. The number of methoxy groups -OCH3 is 2. The van der Waals surface area contributed by atoms with E-state index in [1.165, 1.54) is 23.3 Å². The molecule has 6 heteroatoms. The fourth-order valence-electron chi connectivity index (χ4n) is 3.84. The summed E-state index contributed by atoms with van der Waals surface area (Å²) in [6.07, 6.45) is 3.58. The number of anilines is 1. The average molecular weight is 372 g/mol. The van der Waals surface area contributed by atoms with E-state index in [0.29, 0.717) is 30.0 Å². The number of nitrogens with one attached hydrogen (secondary N) is 1. The van der Waals surface area contributed by atoms with Crippen molar-refractivity contribution in [3.8, 4) is 11.5 Å². The molecule has 1 saturated carbocycles. The van der Waals surface area contributed by atoms with Gasteiger partial charge in [0.25, 0.3) is 0 Å². The van der Waals surface area contributed by atoms with E-state index < -0.39 is 0 Å². The van der Waals surface area contributed by atoms with E-state index in [-0.39, 0.29) is 5.91 Å². The second-order valence-electron chi connectivity index (χ2n) is 6.92. The topological polar surface area (TPSA) is 50.8 Å². The van der Waals surface area contributed by atoms with Gasteiger partial charge < -0.3 is 14.8 Å². The van der Waals surface area contributed by atoms with Gasteiger partial charge in [-0.25, -0.2) is 0 Å². The summed E-state index contributed by atoms with van der Waals surface area (Å²) >= 11 is 1.85. The highest BCUT2D eigenvalue weighted by molar-refractivity contribution is 7.10. The standard InChI is InChI=1S/C20H24N2O3S/c1-24-16-6-5-14(11-17(16)25-2)21-19(23)12-22-9-7-18-15(8-10-26-18)20(22)13-3-4-13/h5-6,8,10-11,13,20H,3-4,7,9,12H2,1-2H3,(H,21,23)/t20-/m0/s1. The summed E-state index contributed by atoms with van der Waals surface area (Å²) in [5.41, 5.74) is 2.17. The predicted molar refractivity (Wildman–Crippen MR) is 103 cm³/mol. The van der Waals surface area contributed by atoms with E-state index in [2.05, 4.69) is 21.7 Å². The summed E-state index contributed by atoms with van der Waals surface area (Å²) in [6.45, 7) is 1.37. The maximum Gasteiger partial charge on any atom is 0.238 e. The number of rotatable bonds is 6. The van der Waals surface area contributed by atoms with E-state index in [1.807, 2.05) is 17.4 Å². The highest BCUT2D eigenvalue weighted by atomic mass is 32.1. The number of ether oxygens (including phenoxy) is 2. The van der Waals surface area contributed by atoms with Crippen molar-refractivity contribution in [1.29, 1.82) is 0 Å². The van der Waals surface area contributed by atoms with Gasteiger partial charge in [0.1, 0.15) is 0 Å². The van der Waals surface area contributed by atoms with Crippen LogP contribution in [0.5, 0.6) is 11.5 Å². The van der Waals surface area contributed by atoms with Crippen LogP contribution in [-0.2, 0) is 11.2 Å². The number of nitrogens with zero attached hydrogens (tertiary/aromatic N) is 1. The van der Waals surface area contributed by atoms with Gasteiger partial charge in [-0.05, 0) is 54.3 Å². The van der Waals surface area contributed by atoms with Gasteiger partial charge in [-0.3, -0.25) is 9.69 Å². The molecule has 1 aromatic heterocycles. The molecule has 0 unspecified atom stereocenters. The van der Waals surface area contributed by atoms with Crippen molar-refractivity contribution in [3.05, 3.63) is 40.1 Å². The molecule has 1 aromatic carbocycles. The van der Waals surface area contributed by atoms with Gasteiger partial charge in [0.05, 0.1) is 20.8 Å². The molecule has 1 atom stereocenters. The molecule has 1 aliphatic heterocycles. The molecule has 1 aliphatic carbocycles. The van der Waals surface area contributed by atoms with Crippen LogP contribution < -0.4 is 14.8 Å². The minimum Gasteiger partial charge on any atom is -0.493 e. The fraction of sp³-hybridized carbons (Fsp3) is 0.450. The summed E-state index contributed by atoms with van der Waals surface area (Å²) in [6, 6.07) is 8.09. The molecule has 0 spiro atoms. The van der Waals surface area contributed by atoms with Gasteiger partial charge in [0.15, 0.2) is 11.5 Å². The largest absolute Gasteiger partial charge is 0.493 e. The van der Waals surface area contributed by atoms with Crippen LogP contribution in [0.2, 0.25) is 0 Å². The van der Waals surface area contributed by atoms with Crippen molar-refractivity contribution >= 4 is 22.9 Å². The Morgan fingerprint density at radius 2 is 2.04 bits per heavy atom. The average Bonchev–Trinajstić information content (AvgIpc) is 3.37. The molecule has 1 amide bonds. The Labute approximate surface area is 157 Å². The van der Waals surface area contributed by atoms with Crippen LogP contribution >= 0.6 is 11.3 Å². The van der Waals surface area contributed by atoms with Crippen LogP contribution in [-0.4, -0.2) is 38.1 Å². The summed E-state index contributed by atoms with van der Waals surface area (Å²) < 4.78 is 10.6. The van der Waals surface area contributed by atoms with Crippen LogP contribution in [0.4, 0.5) is 5.69 Å². The lowest BCUT2D eigenvalue weighted by Gasteiger charge is -2.35. The summed E-state index contributed by atoms with van der Waals surface area (Å²) in [5, 5.41) is 5.19. The first-order chi connectivity index (χ1) is 12.7. The second kappa shape index (κ2) is 7.29. The minimum atomic E-state index is 0.0153. The van der Waals surface area contributed by atoms with Crippen molar-refractivity contribution in [2.45, 2.75) is 25.3 Å². The van der Waals surface area contributed by atoms with Gasteiger partial charge in [-0.15, -0.1) is 11.3 Å². The normalized spacial score (nSPS) is 19.7. The Morgan fingerprint density at radius 1 is 1.23 bits per heavy atom. The van der Waals surface area contributed by atoms with E-state index in [1.54, 1.807) is 26.4 Å². The molecule has 0 bridgehead atoms. The summed E-state index contributed by atoms with van der Waals surface area (Å²) in [4.78, 5) is 16.5. The van der Waals surface area contributed by atoms with Crippen LogP contribution in [0.25, 0.3) is 0 Å². The van der Waals surface area contributed by atoms with Crippen LogP contribution in [0.15, 0.2) is 29.6 Å². The zero-order valence-electron chi connectivity index (χ0n) is 15.2.